The van der Waals surface area contributed by atoms with Crippen LogP contribution in [0.1, 0.15) is 27.0 Å². The van der Waals surface area contributed by atoms with Gasteiger partial charge in [-0.05, 0) is 121 Å². The molecule has 3 rings (SSSR count). The molecule has 0 aliphatic carbocycles. The van der Waals surface area contributed by atoms with Crippen molar-refractivity contribution in [1.29, 1.82) is 0 Å². The number of hydrogen-bond donors (Lipinski definition) is 3. The van der Waals surface area contributed by atoms with E-state index >= 15 is 0 Å². The number of nitrogens with one attached hydrogen (secondary N) is 3. The van der Waals surface area contributed by atoms with Crippen LogP contribution in [0.4, 0.5) is 11.4 Å². The Bertz CT molecular complexity index is 1270. The summed E-state index contributed by atoms with van der Waals surface area (Å²) >= 11 is 7.38. The number of halogens is 1. The number of carbonyl (C=O) groups excluding carboxylic acids is 1. The van der Waals surface area contributed by atoms with Crippen molar-refractivity contribution in [1.82, 2.24) is 5.32 Å². The van der Waals surface area contributed by atoms with E-state index in [1.165, 1.54) is 12.1 Å². The number of anilines is 2. The molecule has 0 aromatic heterocycles. The number of sulfonamides is 1. The lowest BCUT2D eigenvalue weighted by Crippen LogP contribution is -2.34. The Morgan fingerprint density at radius 2 is 1.50 bits per heavy atom. The standard InChI is InChI=1S/C23H22IN3O3S2/c1-14-10-15(2)12-19(11-14)27-32(29,30)20-8-6-18(7-9-20)25-23(31)26-22(28)17-5-4-16(3)21(24)13-17/h4-13,27H,1-3H3,(H2,25,26,28,31). The minimum Gasteiger partial charge on any atom is -0.332 e. The van der Waals surface area contributed by atoms with E-state index in [4.69, 9.17) is 12.2 Å². The number of aryl methyl sites for hydroxylation is 3. The van der Waals surface area contributed by atoms with E-state index in [1.807, 2.05) is 32.9 Å². The van der Waals surface area contributed by atoms with Crippen LogP contribution >= 0.6 is 34.8 Å². The fraction of sp³-hybridized carbons (Fsp3) is 0.130. The zero-order chi connectivity index (χ0) is 23.5. The number of rotatable bonds is 5. The summed E-state index contributed by atoms with van der Waals surface area (Å²) in [4.78, 5) is 12.5. The van der Waals surface area contributed by atoms with Crippen molar-refractivity contribution >= 4 is 67.2 Å². The summed E-state index contributed by atoms with van der Waals surface area (Å²) in [5.41, 5.74) is 4.60. The maximum atomic E-state index is 12.7. The molecule has 32 heavy (non-hydrogen) atoms. The smallest absolute Gasteiger partial charge is 0.261 e. The van der Waals surface area contributed by atoms with Crippen molar-refractivity contribution < 1.29 is 13.2 Å². The quantitative estimate of drug-likeness (QED) is 0.288. The van der Waals surface area contributed by atoms with Gasteiger partial charge in [0.05, 0.1) is 4.90 Å². The van der Waals surface area contributed by atoms with Crippen molar-refractivity contribution in [3.63, 3.8) is 0 Å². The van der Waals surface area contributed by atoms with Gasteiger partial charge in [0.2, 0.25) is 0 Å². The average molecular weight is 579 g/mol. The second-order valence-corrected chi connectivity index (χ2v) is 10.6. The fourth-order valence-electron chi connectivity index (χ4n) is 3.04. The molecule has 3 aromatic rings. The Morgan fingerprint density at radius 3 is 2.09 bits per heavy atom. The molecule has 0 heterocycles. The molecule has 3 N–H and O–H groups in total. The van der Waals surface area contributed by atoms with Gasteiger partial charge in [0.1, 0.15) is 0 Å². The largest absolute Gasteiger partial charge is 0.332 e. The number of hydrogen-bond acceptors (Lipinski definition) is 4. The Labute approximate surface area is 207 Å². The third-order valence-electron chi connectivity index (χ3n) is 4.56. The number of thiocarbonyl (C=S) groups is 1. The molecule has 0 aliphatic heterocycles. The average Bonchev–Trinajstić information content (AvgIpc) is 2.69. The first-order chi connectivity index (χ1) is 15.0. The molecule has 3 aromatic carbocycles. The topological polar surface area (TPSA) is 87.3 Å². The molecule has 0 bridgehead atoms. The van der Waals surface area contributed by atoms with Crippen LogP contribution in [-0.2, 0) is 10.0 Å². The third kappa shape index (κ3) is 6.27. The van der Waals surface area contributed by atoms with Gasteiger partial charge in [0.25, 0.3) is 15.9 Å². The highest BCUT2D eigenvalue weighted by Gasteiger charge is 2.15. The first-order valence-corrected chi connectivity index (χ1v) is 12.6. The van der Waals surface area contributed by atoms with Crippen LogP contribution in [0.25, 0.3) is 0 Å². The van der Waals surface area contributed by atoms with Gasteiger partial charge in [0.15, 0.2) is 5.11 Å². The van der Waals surface area contributed by atoms with Crippen molar-refractivity contribution in [3.8, 4) is 0 Å². The van der Waals surface area contributed by atoms with Gasteiger partial charge < -0.3 is 5.32 Å². The van der Waals surface area contributed by atoms with Crippen LogP contribution in [0.5, 0.6) is 0 Å². The van der Waals surface area contributed by atoms with E-state index in [0.717, 1.165) is 20.3 Å². The molecule has 0 fully saturated rings. The van der Waals surface area contributed by atoms with E-state index in [-0.39, 0.29) is 15.9 Å². The van der Waals surface area contributed by atoms with Gasteiger partial charge in [-0.1, -0.05) is 12.1 Å². The Balaban J connectivity index is 1.65. The zero-order valence-corrected chi connectivity index (χ0v) is 21.5. The predicted octanol–water partition coefficient (Wildman–Crippen LogP) is 5.14. The van der Waals surface area contributed by atoms with Crippen molar-refractivity contribution in [2.45, 2.75) is 25.7 Å². The molecule has 0 aliphatic rings. The highest BCUT2D eigenvalue weighted by molar-refractivity contribution is 14.1. The molecular weight excluding hydrogens is 557 g/mol. The molecule has 9 heteroatoms. The van der Waals surface area contributed by atoms with Gasteiger partial charge in [-0.2, -0.15) is 0 Å². The minimum absolute atomic E-state index is 0.117. The van der Waals surface area contributed by atoms with Gasteiger partial charge in [-0.3, -0.25) is 14.8 Å². The second kappa shape index (κ2) is 9.97. The highest BCUT2D eigenvalue weighted by Crippen LogP contribution is 2.20. The second-order valence-electron chi connectivity index (χ2n) is 7.38. The maximum absolute atomic E-state index is 12.7. The Kier molecular flexibility index (Phi) is 7.52. The van der Waals surface area contributed by atoms with Crippen LogP contribution in [0.3, 0.4) is 0 Å². The summed E-state index contributed by atoms with van der Waals surface area (Å²) in [6, 6.07) is 17.0. The molecule has 0 saturated carbocycles. The zero-order valence-electron chi connectivity index (χ0n) is 17.7. The molecule has 0 radical (unpaired) electrons. The third-order valence-corrected chi connectivity index (χ3v) is 7.32. The van der Waals surface area contributed by atoms with E-state index in [1.54, 1.807) is 36.4 Å². The SMILES string of the molecule is Cc1cc(C)cc(NS(=O)(=O)c2ccc(NC(=S)NC(=O)c3ccc(C)c(I)c3)cc2)c1. The van der Waals surface area contributed by atoms with E-state index in [9.17, 15) is 13.2 Å². The van der Waals surface area contributed by atoms with Gasteiger partial charge >= 0.3 is 0 Å². The summed E-state index contributed by atoms with van der Waals surface area (Å²) in [5, 5.41) is 5.64. The number of benzene rings is 3. The van der Waals surface area contributed by atoms with Crippen LogP contribution in [0.2, 0.25) is 0 Å². The first kappa shape index (κ1) is 24.1. The molecule has 0 unspecified atom stereocenters. The van der Waals surface area contributed by atoms with Crippen LogP contribution in [0.15, 0.2) is 65.6 Å². The minimum atomic E-state index is -3.74. The van der Waals surface area contributed by atoms with Crippen molar-refractivity contribution in [3.05, 3.63) is 86.5 Å². The monoisotopic (exact) mass is 579 g/mol. The van der Waals surface area contributed by atoms with Crippen LogP contribution in [0, 0.1) is 24.3 Å². The highest BCUT2D eigenvalue weighted by atomic mass is 127. The molecule has 0 atom stereocenters. The van der Waals surface area contributed by atoms with Gasteiger partial charge in [0, 0.05) is 20.5 Å². The summed E-state index contributed by atoms with van der Waals surface area (Å²) in [7, 11) is -3.74. The predicted molar refractivity (Wildman–Crippen MR) is 141 cm³/mol. The maximum Gasteiger partial charge on any atom is 0.261 e. The molecule has 0 spiro atoms. The normalized spacial score (nSPS) is 11.0. The van der Waals surface area contributed by atoms with E-state index < -0.39 is 10.0 Å². The molecule has 166 valence electrons. The first-order valence-electron chi connectivity index (χ1n) is 9.63. The van der Waals surface area contributed by atoms with E-state index in [2.05, 4.69) is 37.9 Å². The van der Waals surface area contributed by atoms with Crippen LogP contribution in [-0.4, -0.2) is 19.4 Å². The van der Waals surface area contributed by atoms with Crippen molar-refractivity contribution in [2.24, 2.45) is 0 Å². The molecule has 1 amide bonds. The number of carbonyl (C=O) groups is 1. The molecule has 6 nitrogen and oxygen atoms in total. The number of amides is 1. The van der Waals surface area contributed by atoms with Gasteiger partial charge in [-0.15, -0.1) is 0 Å². The Morgan fingerprint density at radius 1 is 0.875 bits per heavy atom. The summed E-state index contributed by atoms with van der Waals surface area (Å²) < 4.78 is 29.0. The lowest BCUT2D eigenvalue weighted by atomic mass is 10.1. The summed E-state index contributed by atoms with van der Waals surface area (Å²) in [5.74, 6) is -0.322. The Hall–Kier alpha value is -2.50. The lowest BCUT2D eigenvalue weighted by Gasteiger charge is -2.12. The van der Waals surface area contributed by atoms with Crippen molar-refractivity contribution in [2.75, 3.05) is 10.0 Å². The van der Waals surface area contributed by atoms with E-state index in [0.29, 0.717) is 16.9 Å². The summed E-state index contributed by atoms with van der Waals surface area (Å²) in [6.07, 6.45) is 0. The lowest BCUT2D eigenvalue weighted by molar-refractivity contribution is 0.0977. The van der Waals surface area contributed by atoms with Gasteiger partial charge in [-0.25, -0.2) is 8.42 Å². The molecular formula is C23H22IN3O3S2. The summed E-state index contributed by atoms with van der Waals surface area (Å²) in [6.45, 7) is 5.79. The molecule has 0 saturated heterocycles. The van der Waals surface area contributed by atoms with Crippen LogP contribution < -0.4 is 15.4 Å². The fourth-order valence-corrected chi connectivity index (χ4v) is 4.80.